The van der Waals surface area contributed by atoms with E-state index in [1.54, 1.807) is 6.20 Å². The van der Waals surface area contributed by atoms with Gasteiger partial charge in [0, 0.05) is 25.0 Å². The molecule has 1 saturated heterocycles. The number of aliphatic hydroxyl groups excluding tert-OH is 1. The van der Waals surface area contributed by atoms with Crippen LogP contribution < -0.4 is 14.4 Å². The van der Waals surface area contributed by atoms with E-state index in [9.17, 15) is 10.4 Å². The zero-order valence-corrected chi connectivity index (χ0v) is 17.0. The molecule has 7 nitrogen and oxygen atoms in total. The summed E-state index contributed by atoms with van der Waals surface area (Å²) in [7, 11) is 1.52. The molecule has 2 fully saturated rings. The first-order chi connectivity index (χ1) is 14.0. The maximum Gasteiger partial charge on any atom is 0.233 e. The van der Waals surface area contributed by atoms with Gasteiger partial charge in [-0.25, -0.2) is 4.98 Å². The maximum absolute atomic E-state index is 10.7. The molecule has 1 aliphatic heterocycles. The normalized spacial score (nSPS) is 26.0. The van der Waals surface area contributed by atoms with E-state index < -0.39 is 6.10 Å². The smallest absolute Gasteiger partial charge is 0.233 e. The molecule has 0 spiro atoms. The van der Waals surface area contributed by atoms with Crippen LogP contribution in [0.15, 0.2) is 24.4 Å². The number of rotatable bonds is 4. The predicted octanol–water partition coefficient (Wildman–Crippen LogP) is 2.63. The molecule has 1 saturated carbocycles. The van der Waals surface area contributed by atoms with Gasteiger partial charge in [-0.05, 0) is 56.7 Å². The van der Waals surface area contributed by atoms with Crippen molar-refractivity contribution < 1.29 is 14.6 Å². The van der Waals surface area contributed by atoms with Crippen LogP contribution in [0.25, 0.3) is 0 Å². The van der Waals surface area contributed by atoms with Crippen molar-refractivity contribution in [2.24, 2.45) is 11.8 Å². The van der Waals surface area contributed by atoms with Gasteiger partial charge in [-0.15, -0.1) is 0 Å². The molecule has 1 N–H and O–H groups in total. The summed E-state index contributed by atoms with van der Waals surface area (Å²) < 4.78 is 11.4. The molecule has 2 aromatic rings. The number of nitriles is 1. The molecular formula is C22H26N4O3. The highest BCUT2D eigenvalue weighted by molar-refractivity contribution is 5.63. The molecule has 0 bridgehead atoms. The average Bonchev–Trinajstić information content (AvgIpc) is 3.11. The van der Waals surface area contributed by atoms with E-state index in [0.29, 0.717) is 29.7 Å². The average molecular weight is 394 g/mol. The van der Waals surface area contributed by atoms with E-state index in [4.69, 9.17) is 9.47 Å². The van der Waals surface area contributed by atoms with Crippen molar-refractivity contribution in [3.05, 3.63) is 41.3 Å². The monoisotopic (exact) mass is 394 g/mol. The first-order valence-corrected chi connectivity index (χ1v) is 9.97. The fourth-order valence-corrected chi connectivity index (χ4v) is 4.63. The van der Waals surface area contributed by atoms with Crippen LogP contribution in [0.4, 0.5) is 5.69 Å². The van der Waals surface area contributed by atoms with Crippen molar-refractivity contribution in [3.63, 3.8) is 0 Å². The largest absolute Gasteiger partial charge is 0.486 e. The Morgan fingerprint density at radius 2 is 1.93 bits per heavy atom. The molecule has 0 amide bonds. The minimum atomic E-state index is -0.515. The SMILES string of the molecule is COc1nccc(N2C[C@H]3C[C@@H](Oc4ccc(C)nc4C)[C@H](O)C[C@H]3C2)c1C#N. The summed E-state index contributed by atoms with van der Waals surface area (Å²) in [5, 5.41) is 20.3. The molecule has 29 heavy (non-hydrogen) atoms. The summed E-state index contributed by atoms with van der Waals surface area (Å²) in [6, 6.07) is 7.95. The van der Waals surface area contributed by atoms with E-state index in [-0.39, 0.29) is 6.10 Å². The van der Waals surface area contributed by atoms with Crippen LogP contribution in [0.3, 0.4) is 0 Å². The Hall–Kier alpha value is -2.85. The van der Waals surface area contributed by atoms with Crippen LogP contribution in [0.5, 0.6) is 11.6 Å². The van der Waals surface area contributed by atoms with Crippen molar-refractivity contribution in [1.29, 1.82) is 5.26 Å². The number of aromatic nitrogens is 2. The van der Waals surface area contributed by atoms with E-state index in [1.165, 1.54) is 7.11 Å². The van der Waals surface area contributed by atoms with Gasteiger partial charge in [-0.2, -0.15) is 5.26 Å². The Bertz CT molecular complexity index is 942. The summed E-state index contributed by atoms with van der Waals surface area (Å²) in [6.07, 6.45) is 2.38. The van der Waals surface area contributed by atoms with E-state index >= 15 is 0 Å². The number of anilines is 1. The zero-order valence-electron chi connectivity index (χ0n) is 17.0. The Morgan fingerprint density at radius 1 is 1.17 bits per heavy atom. The number of hydrogen-bond acceptors (Lipinski definition) is 7. The van der Waals surface area contributed by atoms with E-state index in [1.807, 2.05) is 32.0 Å². The second kappa shape index (κ2) is 7.88. The summed E-state index contributed by atoms with van der Waals surface area (Å²) in [4.78, 5) is 10.8. The molecule has 2 aromatic heterocycles. The molecule has 0 radical (unpaired) electrons. The summed E-state index contributed by atoms with van der Waals surface area (Å²) in [6.45, 7) is 5.51. The number of hydrogen-bond donors (Lipinski definition) is 1. The molecule has 3 heterocycles. The number of nitrogens with zero attached hydrogens (tertiary/aromatic N) is 4. The lowest BCUT2D eigenvalue weighted by Gasteiger charge is -2.35. The van der Waals surface area contributed by atoms with Crippen molar-refractivity contribution in [2.45, 2.75) is 38.9 Å². The number of fused-ring (bicyclic) bond motifs is 1. The highest BCUT2D eigenvalue weighted by Gasteiger charge is 2.43. The van der Waals surface area contributed by atoms with E-state index in [0.717, 1.165) is 42.3 Å². The minimum Gasteiger partial charge on any atom is -0.486 e. The molecular weight excluding hydrogens is 368 g/mol. The standard InChI is InChI=1S/C22H26N4O3/c1-13-4-5-20(14(2)25-13)29-21-9-16-12-26(11-15(16)8-19(21)27)18-6-7-24-22(28-3)17(18)10-23/h4-7,15-16,19,21,27H,8-9,11-12H2,1-3H3/t15-,16+,19+,21+/m0/s1. The third-order valence-corrected chi connectivity index (χ3v) is 6.08. The van der Waals surface area contributed by atoms with Crippen molar-refractivity contribution in [1.82, 2.24) is 9.97 Å². The Balaban J connectivity index is 1.50. The molecule has 0 aromatic carbocycles. The first kappa shape index (κ1) is 19.5. The number of pyridine rings is 2. The third kappa shape index (κ3) is 3.73. The van der Waals surface area contributed by atoms with Crippen LogP contribution in [-0.2, 0) is 0 Å². The quantitative estimate of drug-likeness (QED) is 0.852. The molecule has 152 valence electrons. The van der Waals surface area contributed by atoms with Crippen LogP contribution in [0.2, 0.25) is 0 Å². The van der Waals surface area contributed by atoms with Crippen LogP contribution in [0.1, 0.15) is 29.8 Å². The topological polar surface area (TPSA) is 91.5 Å². The van der Waals surface area contributed by atoms with Crippen molar-refractivity contribution in [3.8, 4) is 17.7 Å². The molecule has 0 unspecified atom stereocenters. The Kier molecular flexibility index (Phi) is 5.29. The summed E-state index contributed by atoms with van der Waals surface area (Å²) in [5.41, 5.74) is 3.10. The first-order valence-electron chi connectivity index (χ1n) is 9.97. The zero-order chi connectivity index (χ0) is 20.5. The van der Waals surface area contributed by atoms with Gasteiger partial charge >= 0.3 is 0 Å². The van der Waals surface area contributed by atoms with Crippen molar-refractivity contribution in [2.75, 3.05) is 25.1 Å². The predicted molar refractivity (Wildman–Crippen MR) is 108 cm³/mol. The van der Waals surface area contributed by atoms with Crippen LogP contribution >= 0.6 is 0 Å². The van der Waals surface area contributed by atoms with E-state index in [2.05, 4.69) is 20.9 Å². The fraction of sp³-hybridized carbons (Fsp3) is 0.500. The van der Waals surface area contributed by atoms with Gasteiger partial charge in [0.2, 0.25) is 5.88 Å². The second-order valence-electron chi connectivity index (χ2n) is 7.98. The van der Waals surface area contributed by atoms with Gasteiger partial charge in [-0.1, -0.05) is 0 Å². The minimum absolute atomic E-state index is 0.248. The lowest BCUT2D eigenvalue weighted by molar-refractivity contribution is -0.0236. The third-order valence-electron chi connectivity index (χ3n) is 6.08. The van der Waals surface area contributed by atoms with Gasteiger partial charge in [-0.3, -0.25) is 4.98 Å². The molecule has 4 atom stereocenters. The number of aryl methyl sites for hydroxylation is 2. The number of methoxy groups -OCH3 is 1. The molecule has 7 heteroatoms. The fourth-order valence-electron chi connectivity index (χ4n) is 4.63. The Labute approximate surface area is 170 Å². The van der Waals surface area contributed by atoms with Crippen molar-refractivity contribution >= 4 is 5.69 Å². The summed E-state index contributed by atoms with van der Waals surface area (Å²) in [5.74, 6) is 1.85. The van der Waals surface area contributed by atoms with Crippen LogP contribution in [0, 0.1) is 37.0 Å². The number of aliphatic hydroxyl groups is 1. The highest BCUT2D eigenvalue weighted by Crippen LogP contribution is 2.41. The highest BCUT2D eigenvalue weighted by atomic mass is 16.5. The van der Waals surface area contributed by atoms with Gasteiger partial charge in [0.25, 0.3) is 0 Å². The van der Waals surface area contributed by atoms with Gasteiger partial charge in [0.05, 0.1) is 24.6 Å². The Morgan fingerprint density at radius 3 is 2.62 bits per heavy atom. The lowest BCUT2D eigenvalue weighted by atomic mass is 9.78. The van der Waals surface area contributed by atoms with Gasteiger partial charge in [0.15, 0.2) is 0 Å². The van der Waals surface area contributed by atoms with Crippen LogP contribution in [-0.4, -0.2) is 47.5 Å². The van der Waals surface area contributed by atoms with Gasteiger partial charge < -0.3 is 19.5 Å². The number of ether oxygens (including phenoxy) is 2. The lowest BCUT2D eigenvalue weighted by Crippen LogP contribution is -2.42. The van der Waals surface area contributed by atoms with Gasteiger partial charge in [0.1, 0.15) is 23.5 Å². The summed E-state index contributed by atoms with van der Waals surface area (Å²) >= 11 is 0. The molecule has 4 rings (SSSR count). The second-order valence-corrected chi connectivity index (χ2v) is 7.98. The molecule has 1 aliphatic carbocycles. The maximum atomic E-state index is 10.7. The molecule has 2 aliphatic rings.